The second-order valence-corrected chi connectivity index (χ2v) is 18.2. The number of aliphatic hydroxyl groups is 1. The number of aliphatic hydroxyl groups excluding tert-OH is 1. The molecule has 9 atom stereocenters. The Morgan fingerprint density at radius 1 is 0.714 bits per heavy atom. The fourth-order valence-corrected chi connectivity index (χ4v) is 8.64. The zero-order valence-electron chi connectivity index (χ0n) is 40.4. The maximum Gasteiger partial charge on any atom is 0.329 e. The second kappa shape index (κ2) is 24.9. The number of likely N-dealkylation sites (N-methyl/N-ethyl adjacent to an activating group) is 2. The molecule has 0 aromatic heterocycles. The minimum Gasteiger partial charge on any atom is -0.481 e. The molecule has 0 radical (unpaired) electrons. The minimum atomic E-state index is -1.83. The lowest BCUT2D eigenvalue weighted by Gasteiger charge is -2.43. The van der Waals surface area contributed by atoms with E-state index in [4.69, 9.17) is 4.74 Å². The number of hydrogen-bond donors (Lipinski definition) is 6. The van der Waals surface area contributed by atoms with Gasteiger partial charge in [0.1, 0.15) is 54.6 Å². The monoisotopic (exact) mass is 967 g/mol. The number of aliphatic carboxylic acids is 1. The molecule has 3 aromatic carbocycles. The Morgan fingerprint density at radius 3 is 1.69 bits per heavy atom. The van der Waals surface area contributed by atoms with Gasteiger partial charge in [-0.15, -0.1) is 0 Å². The third-order valence-electron chi connectivity index (χ3n) is 12.6. The number of carboxylic acids is 1. The number of nitrogens with one attached hydrogen (secondary N) is 4. The van der Waals surface area contributed by atoms with Crippen LogP contribution in [0.5, 0.6) is 0 Å². The van der Waals surface area contributed by atoms with Crippen molar-refractivity contribution in [2.45, 2.75) is 134 Å². The molecule has 0 saturated carbocycles. The van der Waals surface area contributed by atoms with Gasteiger partial charge in [0.15, 0.2) is 0 Å². The Labute approximate surface area is 407 Å². The first-order chi connectivity index (χ1) is 33.3. The van der Waals surface area contributed by atoms with Crippen LogP contribution in [0.15, 0.2) is 91.0 Å². The standard InChI is InChI=1S/C51H65N7O12/c1-7-17-40(59)52-36(29-42(61)62)45(63)55-44-31(4)70-51(69)43(30(2)3)54-47(65)38(27-33-20-13-9-14-21-33)56(5)49(67)39(28-34-22-15-10-16-23-34)58-41(60)25-24-35(48(58)66)53-46(64)37(57(6)50(44)68)26-32-18-11-8-12-19-32/h8-16,18-23,30-31,35-39,41,43-44,60H,7,17,24-29H2,1-6H3,(H,52,59)(H,53,64)(H,54,65)(H,55,63)(H,61,62). The van der Waals surface area contributed by atoms with Gasteiger partial charge in [0.25, 0.3) is 0 Å². The van der Waals surface area contributed by atoms with Gasteiger partial charge >= 0.3 is 11.9 Å². The Morgan fingerprint density at radius 2 is 1.20 bits per heavy atom. The van der Waals surface area contributed by atoms with Crippen LogP contribution in [0.25, 0.3) is 0 Å². The molecule has 0 spiro atoms. The molecule has 9 unspecified atom stereocenters. The summed E-state index contributed by atoms with van der Waals surface area (Å²) >= 11 is 0. The lowest BCUT2D eigenvalue weighted by molar-refractivity contribution is -0.165. The van der Waals surface area contributed by atoms with E-state index in [1.807, 2.05) is 0 Å². The van der Waals surface area contributed by atoms with Crippen LogP contribution in [-0.4, -0.2) is 147 Å². The van der Waals surface area contributed by atoms with Crippen molar-refractivity contribution in [2.75, 3.05) is 14.1 Å². The topological polar surface area (TPSA) is 261 Å². The normalized spacial score (nSPS) is 24.6. The molecule has 6 N–H and O–H groups in total. The first kappa shape index (κ1) is 53.8. The van der Waals surface area contributed by atoms with E-state index >= 15 is 4.79 Å². The van der Waals surface area contributed by atoms with E-state index in [0.29, 0.717) is 23.1 Å². The number of benzene rings is 3. The van der Waals surface area contributed by atoms with Crippen LogP contribution >= 0.6 is 0 Å². The summed E-state index contributed by atoms with van der Waals surface area (Å²) in [6.07, 6.45) is -4.00. The van der Waals surface area contributed by atoms with Crippen molar-refractivity contribution in [1.82, 2.24) is 36.0 Å². The van der Waals surface area contributed by atoms with Crippen molar-refractivity contribution in [1.29, 1.82) is 0 Å². The number of fused-ring (bicyclic) bond motifs is 2. The molecule has 5 rings (SSSR count). The SMILES string of the molecule is CCCC(=O)NC(CC(=O)O)C(=O)NC1C(=O)N(C)C(Cc2ccccc2)C(=O)NC2CCC(O)N(C2=O)C(Cc2ccccc2)C(=O)N(C)C(Cc2ccccc2)C(=O)NC(C(C)C)C(=O)OC1C. The molecule has 19 heteroatoms. The summed E-state index contributed by atoms with van der Waals surface area (Å²) in [7, 11) is 2.67. The van der Waals surface area contributed by atoms with Gasteiger partial charge in [0, 0.05) is 39.8 Å². The molecule has 3 aromatic rings. The number of amides is 7. The fraction of sp³-hybridized carbons (Fsp3) is 0.471. The van der Waals surface area contributed by atoms with Crippen molar-refractivity contribution in [3.8, 4) is 0 Å². The number of rotatable bonds is 14. The van der Waals surface area contributed by atoms with Crippen LogP contribution < -0.4 is 21.3 Å². The lowest BCUT2D eigenvalue weighted by Crippen LogP contribution is -2.65. The second-order valence-electron chi connectivity index (χ2n) is 18.2. The third kappa shape index (κ3) is 14.0. The molecular weight excluding hydrogens is 903 g/mol. The van der Waals surface area contributed by atoms with E-state index in [0.717, 1.165) is 9.80 Å². The summed E-state index contributed by atoms with van der Waals surface area (Å²) in [6.45, 7) is 6.26. The average molecular weight is 968 g/mol. The van der Waals surface area contributed by atoms with E-state index in [1.165, 1.54) is 25.9 Å². The summed E-state index contributed by atoms with van der Waals surface area (Å²) in [4.78, 5) is 131. The molecule has 2 aliphatic rings. The molecule has 7 amide bonds. The van der Waals surface area contributed by atoms with Gasteiger partial charge in [-0.25, -0.2) is 4.79 Å². The van der Waals surface area contributed by atoms with Crippen LogP contribution in [0, 0.1) is 5.92 Å². The summed E-state index contributed by atoms with van der Waals surface area (Å²) in [5.41, 5.74) is 1.86. The zero-order valence-corrected chi connectivity index (χ0v) is 40.4. The molecule has 376 valence electrons. The Balaban J connectivity index is 1.66. The average Bonchev–Trinajstić information content (AvgIpc) is 3.33. The predicted molar refractivity (Wildman–Crippen MR) is 255 cm³/mol. The first-order valence-electron chi connectivity index (χ1n) is 23.6. The van der Waals surface area contributed by atoms with Gasteiger partial charge in [0.2, 0.25) is 41.4 Å². The smallest absolute Gasteiger partial charge is 0.329 e. The number of nitrogens with zero attached hydrogens (tertiary/aromatic N) is 3. The summed E-state index contributed by atoms with van der Waals surface area (Å²) in [6, 6.07) is 15.8. The maximum absolute atomic E-state index is 15.1. The minimum absolute atomic E-state index is 0.0365. The van der Waals surface area contributed by atoms with Gasteiger partial charge in [0.05, 0.1) is 6.42 Å². The maximum atomic E-state index is 15.1. The quantitative estimate of drug-likeness (QED) is 0.126. The Kier molecular flexibility index (Phi) is 19.2. The van der Waals surface area contributed by atoms with E-state index in [2.05, 4.69) is 21.3 Å². The number of esters is 1. The third-order valence-corrected chi connectivity index (χ3v) is 12.6. The van der Waals surface area contributed by atoms with Crippen LogP contribution in [0.2, 0.25) is 0 Å². The molecule has 2 aliphatic heterocycles. The molecule has 2 saturated heterocycles. The number of ether oxygens (including phenoxy) is 1. The van der Waals surface area contributed by atoms with Crippen LogP contribution in [0.3, 0.4) is 0 Å². The highest BCUT2D eigenvalue weighted by Crippen LogP contribution is 2.26. The molecular formula is C51H65N7O12. The molecule has 19 nitrogen and oxygen atoms in total. The van der Waals surface area contributed by atoms with Gasteiger partial charge < -0.3 is 50.9 Å². The zero-order chi connectivity index (χ0) is 51.2. The first-order valence-corrected chi connectivity index (χ1v) is 23.6. The number of carbonyl (C=O) groups excluding carboxylic acids is 8. The summed E-state index contributed by atoms with van der Waals surface area (Å²) in [5, 5.41) is 31.7. The fourth-order valence-electron chi connectivity index (χ4n) is 8.64. The van der Waals surface area contributed by atoms with Gasteiger partial charge in [-0.2, -0.15) is 0 Å². The molecule has 0 aliphatic carbocycles. The van der Waals surface area contributed by atoms with Crippen molar-refractivity contribution in [3.63, 3.8) is 0 Å². The lowest BCUT2D eigenvalue weighted by atomic mass is 9.95. The van der Waals surface area contributed by atoms with Crippen molar-refractivity contribution in [3.05, 3.63) is 108 Å². The van der Waals surface area contributed by atoms with E-state index in [1.54, 1.807) is 112 Å². The molecule has 2 heterocycles. The summed E-state index contributed by atoms with van der Waals surface area (Å²) in [5.74, 6) is -8.97. The van der Waals surface area contributed by atoms with Gasteiger partial charge in [-0.05, 0) is 48.8 Å². The van der Waals surface area contributed by atoms with Crippen LogP contribution in [0.1, 0.15) is 76.5 Å². The predicted octanol–water partition coefficient (Wildman–Crippen LogP) is 1.49. The summed E-state index contributed by atoms with van der Waals surface area (Å²) < 4.78 is 5.92. The van der Waals surface area contributed by atoms with Crippen molar-refractivity contribution >= 4 is 53.3 Å². The van der Waals surface area contributed by atoms with Crippen LogP contribution in [0.4, 0.5) is 0 Å². The number of carboxylic acid groups (broad SMARTS) is 1. The van der Waals surface area contributed by atoms with Gasteiger partial charge in [-0.3, -0.25) is 38.4 Å². The van der Waals surface area contributed by atoms with E-state index < -0.39 is 120 Å². The largest absolute Gasteiger partial charge is 0.481 e. The highest BCUT2D eigenvalue weighted by Gasteiger charge is 2.46. The number of carbonyl (C=O) groups is 9. The number of hydrogen-bond acceptors (Lipinski definition) is 11. The highest BCUT2D eigenvalue weighted by molar-refractivity contribution is 5.99. The molecule has 2 bridgehead atoms. The Bertz CT molecular complexity index is 2340. The van der Waals surface area contributed by atoms with Gasteiger partial charge in [-0.1, -0.05) is 112 Å². The van der Waals surface area contributed by atoms with E-state index in [-0.39, 0.29) is 38.5 Å². The van der Waals surface area contributed by atoms with E-state index in [9.17, 15) is 48.6 Å². The highest BCUT2D eigenvalue weighted by atomic mass is 16.5. The Hall–Kier alpha value is -7.15. The molecule has 2 fully saturated rings. The molecule has 70 heavy (non-hydrogen) atoms. The van der Waals surface area contributed by atoms with Crippen LogP contribution in [-0.2, 0) is 67.2 Å². The van der Waals surface area contributed by atoms with Crippen molar-refractivity contribution in [2.24, 2.45) is 5.92 Å². The number of piperidine rings is 1. The number of cyclic esters (lactones) is 1. The van der Waals surface area contributed by atoms with Crippen molar-refractivity contribution < 1.29 is 58.1 Å².